The average molecular weight is 664 g/mol. The number of benzene rings is 4. The topological polar surface area (TPSA) is 115 Å². The van der Waals surface area contributed by atoms with Crippen LogP contribution in [0.2, 0.25) is 0 Å². The summed E-state index contributed by atoms with van der Waals surface area (Å²) in [6.07, 6.45) is 0.808. The van der Waals surface area contributed by atoms with Crippen molar-refractivity contribution in [3.05, 3.63) is 119 Å². The molecule has 0 spiro atoms. The molecule has 1 N–H and O–H groups in total. The van der Waals surface area contributed by atoms with Crippen LogP contribution in [0.1, 0.15) is 41.1 Å². The Morgan fingerprint density at radius 3 is 2.64 bits per heavy atom. The van der Waals surface area contributed by atoms with Gasteiger partial charge in [-0.2, -0.15) is 0 Å². The van der Waals surface area contributed by atoms with Crippen molar-refractivity contribution in [2.45, 2.75) is 29.5 Å². The van der Waals surface area contributed by atoms with E-state index in [1.807, 2.05) is 31.2 Å². The smallest absolute Gasteiger partial charge is 0.296 e. The Morgan fingerprint density at radius 2 is 1.79 bits per heavy atom. The molecule has 9 nitrogen and oxygen atoms in total. The SMILES string of the molecule is CCCOc1cccc(C2C(C(=O)c3cc4cccc(OC)c4o3)=C(O)C(=O)N2c2nnc(SCc3cccc4ccccc34)s2)c1. The molecule has 0 fully saturated rings. The number of nitrogens with zero attached hydrogens (tertiary/aromatic N) is 3. The fourth-order valence-corrected chi connectivity index (χ4v) is 7.57. The van der Waals surface area contributed by atoms with Crippen LogP contribution in [0.25, 0.3) is 21.7 Å². The molecular formula is C36H29N3O6S2. The fraction of sp³-hybridized carbons (Fsp3) is 0.167. The van der Waals surface area contributed by atoms with E-state index in [9.17, 15) is 14.7 Å². The van der Waals surface area contributed by atoms with Crippen LogP contribution in [0.4, 0.5) is 5.13 Å². The summed E-state index contributed by atoms with van der Waals surface area (Å²) < 4.78 is 17.9. The first-order valence-corrected chi connectivity index (χ1v) is 16.8. The molecule has 1 amide bonds. The number of hydrogen-bond acceptors (Lipinski definition) is 10. The molecule has 0 bridgehead atoms. The number of Topliss-reactive ketones (excluding diaryl/α,β-unsaturated/α-hetero) is 1. The monoisotopic (exact) mass is 663 g/mol. The molecule has 236 valence electrons. The van der Waals surface area contributed by atoms with Crippen LogP contribution in [0.5, 0.6) is 11.5 Å². The Bertz CT molecular complexity index is 2170. The van der Waals surface area contributed by atoms with E-state index in [0.717, 1.165) is 22.8 Å². The lowest BCUT2D eigenvalue weighted by molar-refractivity contribution is -0.117. The van der Waals surface area contributed by atoms with Gasteiger partial charge in [0.1, 0.15) is 5.75 Å². The van der Waals surface area contributed by atoms with Crippen LogP contribution in [-0.2, 0) is 10.5 Å². The molecule has 0 saturated heterocycles. The number of aliphatic hydroxyl groups excluding tert-OH is 1. The van der Waals surface area contributed by atoms with E-state index in [2.05, 4.69) is 34.5 Å². The maximum absolute atomic E-state index is 14.2. The minimum absolute atomic E-state index is 0.0346. The minimum Gasteiger partial charge on any atom is -0.503 e. The number of aliphatic hydroxyl groups is 1. The van der Waals surface area contributed by atoms with E-state index in [0.29, 0.717) is 44.7 Å². The molecule has 11 heteroatoms. The molecule has 2 aromatic heterocycles. The highest BCUT2D eigenvalue weighted by Crippen LogP contribution is 2.45. The fourth-order valence-electron chi connectivity index (χ4n) is 5.70. The summed E-state index contributed by atoms with van der Waals surface area (Å²) in [5.74, 6) is -0.409. The van der Waals surface area contributed by atoms with E-state index >= 15 is 0 Å². The van der Waals surface area contributed by atoms with Crippen molar-refractivity contribution in [3.8, 4) is 11.5 Å². The van der Waals surface area contributed by atoms with Crippen LogP contribution in [0.15, 0.2) is 111 Å². The number of hydrogen-bond donors (Lipinski definition) is 1. The van der Waals surface area contributed by atoms with E-state index in [1.54, 1.807) is 42.5 Å². The molecule has 0 aliphatic carbocycles. The molecule has 3 heterocycles. The number of rotatable bonds is 11. The van der Waals surface area contributed by atoms with Gasteiger partial charge in [-0.1, -0.05) is 96.8 Å². The maximum atomic E-state index is 14.2. The molecule has 47 heavy (non-hydrogen) atoms. The van der Waals surface area contributed by atoms with Crippen molar-refractivity contribution >= 4 is 61.7 Å². The number of carbonyl (C=O) groups is 2. The highest BCUT2D eigenvalue weighted by molar-refractivity contribution is 8.00. The van der Waals surface area contributed by atoms with Crippen molar-refractivity contribution < 1.29 is 28.6 Å². The Balaban J connectivity index is 1.25. The van der Waals surface area contributed by atoms with Crippen molar-refractivity contribution in [1.82, 2.24) is 10.2 Å². The number of furan rings is 1. The summed E-state index contributed by atoms with van der Waals surface area (Å²) in [6, 6.07) is 27.4. The number of ketones is 1. The molecule has 6 aromatic rings. The average Bonchev–Trinajstić information content (AvgIpc) is 3.82. The number of fused-ring (bicyclic) bond motifs is 2. The summed E-state index contributed by atoms with van der Waals surface area (Å²) >= 11 is 2.73. The van der Waals surface area contributed by atoms with E-state index in [4.69, 9.17) is 13.9 Å². The zero-order valence-electron chi connectivity index (χ0n) is 25.5. The predicted molar refractivity (Wildman–Crippen MR) is 183 cm³/mol. The van der Waals surface area contributed by atoms with E-state index < -0.39 is 23.5 Å². The summed E-state index contributed by atoms with van der Waals surface area (Å²) in [7, 11) is 1.51. The highest BCUT2D eigenvalue weighted by Gasteiger charge is 2.47. The molecule has 4 aromatic carbocycles. The van der Waals surface area contributed by atoms with E-state index in [1.165, 1.54) is 35.1 Å². The van der Waals surface area contributed by atoms with Gasteiger partial charge >= 0.3 is 0 Å². The first kappa shape index (κ1) is 30.5. The summed E-state index contributed by atoms with van der Waals surface area (Å²) in [6.45, 7) is 2.50. The molecule has 1 aliphatic heterocycles. The van der Waals surface area contributed by atoms with Gasteiger partial charge < -0.3 is 19.0 Å². The van der Waals surface area contributed by atoms with Gasteiger partial charge in [0, 0.05) is 11.1 Å². The molecule has 0 saturated carbocycles. The van der Waals surface area contributed by atoms with Crippen molar-refractivity contribution in [2.75, 3.05) is 18.6 Å². The second kappa shape index (κ2) is 12.9. The van der Waals surface area contributed by atoms with Crippen LogP contribution in [0.3, 0.4) is 0 Å². The van der Waals surface area contributed by atoms with Crippen molar-refractivity contribution in [3.63, 3.8) is 0 Å². The van der Waals surface area contributed by atoms with Gasteiger partial charge in [0.05, 0.1) is 25.3 Å². The third kappa shape index (κ3) is 5.72. The predicted octanol–water partition coefficient (Wildman–Crippen LogP) is 8.31. The van der Waals surface area contributed by atoms with E-state index in [-0.39, 0.29) is 16.5 Å². The van der Waals surface area contributed by atoms with Crippen LogP contribution < -0.4 is 14.4 Å². The number of para-hydroxylation sites is 1. The zero-order valence-corrected chi connectivity index (χ0v) is 27.1. The van der Waals surface area contributed by atoms with Gasteiger partial charge in [-0.3, -0.25) is 14.5 Å². The largest absolute Gasteiger partial charge is 0.503 e. The molecule has 1 atom stereocenters. The van der Waals surface area contributed by atoms with Gasteiger partial charge in [0.25, 0.3) is 5.91 Å². The van der Waals surface area contributed by atoms with Crippen LogP contribution in [0, 0.1) is 0 Å². The zero-order chi connectivity index (χ0) is 32.5. The Kier molecular flexibility index (Phi) is 8.40. The second-order valence-corrected chi connectivity index (χ2v) is 13.0. The highest BCUT2D eigenvalue weighted by atomic mass is 32.2. The lowest BCUT2D eigenvalue weighted by Gasteiger charge is -2.24. The molecule has 1 aliphatic rings. The molecule has 0 radical (unpaired) electrons. The summed E-state index contributed by atoms with van der Waals surface area (Å²) in [4.78, 5) is 29.3. The lowest BCUT2D eigenvalue weighted by atomic mass is 9.95. The molecule has 1 unspecified atom stereocenters. The number of methoxy groups -OCH3 is 1. The second-order valence-electron chi connectivity index (χ2n) is 10.9. The number of carbonyl (C=O) groups excluding carboxylic acids is 2. The number of amides is 1. The van der Waals surface area contributed by atoms with Gasteiger partial charge in [0.15, 0.2) is 27.2 Å². The Hall–Kier alpha value is -5.13. The third-order valence-corrected chi connectivity index (χ3v) is 9.99. The van der Waals surface area contributed by atoms with Gasteiger partial charge in [-0.15, -0.1) is 10.2 Å². The normalized spacial score (nSPS) is 14.8. The number of anilines is 1. The summed E-state index contributed by atoms with van der Waals surface area (Å²) in [5.41, 5.74) is 1.98. The standard InChI is InChI=1S/C36H29N3O6S2/c1-3-17-44-25-14-7-11-22(18-25)30-29(31(40)28-19-23-12-8-16-27(43-2)33(23)45-28)32(41)34(42)39(30)35-37-38-36(47-35)46-20-24-13-6-10-21-9-4-5-15-26(21)24/h4-16,18-19,30,41H,3,17,20H2,1-2H3. The third-order valence-electron chi connectivity index (χ3n) is 7.88. The number of ether oxygens (including phenoxy) is 2. The summed E-state index contributed by atoms with van der Waals surface area (Å²) in [5, 5.41) is 23.3. The number of aromatic nitrogens is 2. The first-order valence-electron chi connectivity index (χ1n) is 15.0. The molecular weight excluding hydrogens is 635 g/mol. The quantitative estimate of drug-likeness (QED) is 0.0830. The van der Waals surface area contributed by atoms with Gasteiger partial charge in [-0.25, -0.2) is 0 Å². The maximum Gasteiger partial charge on any atom is 0.296 e. The molecule has 7 rings (SSSR count). The number of thioether (sulfide) groups is 1. The van der Waals surface area contributed by atoms with Crippen molar-refractivity contribution in [2.24, 2.45) is 0 Å². The van der Waals surface area contributed by atoms with Gasteiger partial charge in [0.2, 0.25) is 10.9 Å². The Morgan fingerprint density at radius 1 is 1.00 bits per heavy atom. The van der Waals surface area contributed by atoms with Crippen LogP contribution in [-0.4, -0.2) is 40.7 Å². The minimum atomic E-state index is -1.01. The first-order chi connectivity index (χ1) is 23.0. The lowest BCUT2D eigenvalue weighted by Crippen LogP contribution is -2.31. The van der Waals surface area contributed by atoms with Crippen LogP contribution >= 0.6 is 23.1 Å². The Labute approximate surface area is 278 Å². The van der Waals surface area contributed by atoms with Crippen molar-refractivity contribution in [1.29, 1.82) is 0 Å². The van der Waals surface area contributed by atoms with Gasteiger partial charge in [-0.05, 0) is 52.6 Å².